The Morgan fingerprint density at radius 2 is 1.86 bits per heavy atom. The van der Waals surface area contributed by atoms with Gasteiger partial charge >= 0.3 is 0 Å². The zero-order valence-corrected chi connectivity index (χ0v) is 17.9. The summed E-state index contributed by atoms with van der Waals surface area (Å²) >= 11 is 13.3. The van der Waals surface area contributed by atoms with Crippen LogP contribution in [0.3, 0.4) is 0 Å². The molecule has 2 aromatic carbocycles. The molecule has 0 unspecified atom stereocenters. The highest BCUT2D eigenvalue weighted by molar-refractivity contribution is 7.99. The number of rotatable bonds is 6. The van der Waals surface area contributed by atoms with Crippen LogP contribution in [0.4, 0.5) is 11.4 Å². The Labute approximate surface area is 177 Å². The number of anilines is 2. The van der Waals surface area contributed by atoms with Crippen molar-refractivity contribution in [1.82, 2.24) is 14.8 Å². The quantitative estimate of drug-likeness (QED) is 0.573. The van der Waals surface area contributed by atoms with Crippen LogP contribution in [-0.4, -0.2) is 40.5 Å². The number of nitrogens with zero attached hydrogens (tertiary/aromatic N) is 4. The first-order chi connectivity index (χ1) is 13.3. The van der Waals surface area contributed by atoms with Crippen LogP contribution in [0.5, 0.6) is 0 Å². The maximum Gasteiger partial charge on any atom is 0.234 e. The predicted octanol–water partition coefficient (Wildman–Crippen LogP) is 4.59. The van der Waals surface area contributed by atoms with Gasteiger partial charge in [-0.3, -0.25) is 4.79 Å². The van der Waals surface area contributed by atoms with Gasteiger partial charge in [0.1, 0.15) is 0 Å². The highest BCUT2D eigenvalue weighted by Gasteiger charge is 2.14. The third-order valence-electron chi connectivity index (χ3n) is 4.01. The van der Waals surface area contributed by atoms with Crippen LogP contribution in [0.2, 0.25) is 10.0 Å². The predicted molar refractivity (Wildman–Crippen MR) is 117 cm³/mol. The molecule has 1 heterocycles. The number of hydrogen-bond acceptors (Lipinski definition) is 5. The van der Waals surface area contributed by atoms with Crippen molar-refractivity contribution < 1.29 is 4.79 Å². The third-order valence-corrected chi connectivity index (χ3v) is 5.60. The van der Waals surface area contributed by atoms with Crippen LogP contribution in [-0.2, 0) is 11.8 Å². The lowest BCUT2D eigenvalue weighted by Crippen LogP contribution is -2.14. The number of carbonyl (C=O) groups is 1. The summed E-state index contributed by atoms with van der Waals surface area (Å²) in [4.78, 5) is 14.3. The van der Waals surface area contributed by atoms with E-state index in [1.807, 2.05) is 54.9 Å². The number of carbonyl (C=O) groups excluding carboxylic acids is 1. The van der Waals surface area contributed by atoms with Crippen LogP contribution >= 0.6 is 35.0 Å². The lowest BCUT2D eigenvalue weighted by molar-refractivity contribution is -0.113. The summed E-state index contributed by atoms with van der Waals surface area (Å²) in [7, 11) is 5.87. The minimum atomic E-state index is -0.200. The van der Waals surface area contributed by atoms with Crippen molar-refractivity contribution in [2.45, 2.75) is 5.16 Å². The number of benzene rings is 2. The van der Waals surface area contributed by atoms with E-state index < -0.39 is 0 Å². The Morgan fingerprint density at radius 1 is 1.14 bits per heavy atom. The largest absolute Gasteiger partial charge is 0.378 e. The Bertz CT molecular complexity index is 988. The first-order valence-corrected chi connectivity index (χ1v) is 10.1. The van der Waals surface area contributed by atoms with Gasteiger partial charge in [-0.1, -0.05) is 35.0 Å². The van der Waals surface area contributed by atoms with E-state index in [9.17, 15) is 4.79 Å². The summed E-state index contributed by atoms with van der Waals surface area (Å²) < 4.78 is 1.87. The molecular formula is C19H19Cl2N5OS. The molecule has 28 heavy (non-hydrogen) atoms. The highest BCUT2D eigenvalue weighted by Crippen LogP contribution is 2.27. The van der Waals surface area contributed by atoms with Crippen molar-refractivity contribution in [2.24, 2.45) is 7.05 Å². The van der Waals surface area contributed by atoms with Gasteiger partial charge in [-0.25, -0.2) is 0 Å². The molecule has 0 fully saturated rings. The van der Waals surface area contributed by atoms with E-state index in [1.54, 1.807) is 18.2 Å². The van der Waals surface area contributed by atoms with Gasteiger partial charge in [-0.05, 0) is 42.5 Å². The summed E-state index contributed by atoms with van der Waals surface area (Å²) in [6.45, 7) is 0. The molecule has 3 rings (SSSR count). The summed E-state index contributed by atoms with van der Waals surface area (Å²) in [5.74, 6) is 0.717. The Hall–Kier alpha value is -2.22. The number of aromatic nitrogens is 3. The molecule has 1 N–H and O–H groups in total. The fraction of sp³-hybridized carbons (Fsp3) is 0.211. The van der Waals surface area contributed by atoms with Gasteiger partial charge in [0.25, 0.3) is 0 Å². The first kappa shape index (κ1) is 20.5. The van der Waals surface area contributed by atoms with Crippen molar-refractivity contribution in [3.05, 3.63) is 52.5 Å². The van der Waals surface area contributed by atoms with Crippen LogP contribution < -0.4 is 10.2 Å². The number of hydrogen-bond donors (Lipinski definition) is 1. The second-order valence-electron chi connectivity index (χ2n) is 6.27. The van der Waals surface area contributed by atoms with E-state index in [4.69, 9.17) is 23.2 Å². The van der Waals surface area contributed by atoms with Gasteiger partial charge in [-0.15, -0.1) is 10.2 Å². The SMILES string of the molecule is CN(C)c1ccc(-c2nnc(SCC(=O)Nc3cc(Cl)ccc3Cl)n2C)cc1. The summed E-state index contributed by atoms with van der Waals surface area (Å²) in [6, 6.07) is 13.0. The maximum atomic E-state index is 12.2. The zero-order valence-electron chi connectivity index (χ0n) is 15.6. The van der Waals surface area contributed by atoms with E-state index in [2.05, 4.69) is 15.5 Å². The minimum Gasteiger partial charge on any atom is -0.378 e. The molecule has 0 aliphatic heterocycles. The highest BCUT2D eigenvalue weighted by atomic mass is 35.5. The van der Waals surface area contributed by atoms with Crippen molar-refractivity contribution in [1.29, 1.82) is 0 Å². The Kier molecular flexibility index (Phi) is 6.49. The standard InChI is InChI=1S/C19H19Cl2N5OS/c1-25(2)14-7-4-12(5-8-14)18-23-24-19(26(18)3)28-11-17(27)22-16-10-13(20)6-9-15(16)21/h4-10H,11H2,1-3H3,(H,22,27). The lowest BCUT2D eigenvalue weighted by atomic mass is 10.2. The molecule has 0 aliphatic rings. The van der Waals surface area contributed by atoms with E-state index in [0.717, 1.165) is 17.1 Å². The Morgan fingerprint density at radius 3 is 2.54 bits per heavy atom. The lowest BCUT2D eigenvalue weighted by Gasteiger charge is -2.12. The first-order valence-electron chi connectivity index (χ1n) is 8.40. The minimum absolute atomic E-state index is 0.175. The van der Waals surface area contributed by atoms with Gasteiger partial charge < -0.3 is 14.8 Å². The van der Waals surface area contributed by atoms with E-state index in [0.29, 0.717) is 20.9 Å². The number of amides is 1. The van der Waals surface area contributed by atoms with Crippen molar-refractivity contribution in [2.75, 3.05) is 30.1 Å². The summed E-state index contributed by atoms with van der Waals surface area (Å²) in [6.07, 6.45) is 0. The number of thioether (sulfide) groups is 1. The third kappa shape index (κ3) is 4.79. The van der Waals surface area contributed by atoms with E-state index in [1.165, 1.54) is 11.8 Å². The summed E-state index contributed by atoms with van der Waals surface area (Å²) in [5.41, 5.74) is 2.55. The van der Waals surface area contributed by atoms with Crippen LogP contribution in [0, 0.1) is 0 Å². The molecule has 1 amide bonds. The molecule has 0 radical (unpaired) electrons. The van der Waals surface area contributed by atoms with Gasteiger partial charge in [0.2, 0.25) is 5.91 Å². The smallest absolute Gasteiger partial charge is 0.234 e. The van der Waals surface area contributed by atoms with Crippen molar-refractivity contribution >= 4 is 52.2 Å². The summed E-state index contributed by atoms with van der Waals surface area (Å²) in [5, 5.41) is 12.8. The molecule has 0 spiro atoms. The molecule has 3 aromatic rings. The average molecular weight is 436 g/mol. The molecule has 9 heteroatoms. The van der Waals surface area contributed by atoms with Crippen LogP contribution in [0.1, 0.15) is 0 Å². The number of halogens is 2. The molecule has 0 atom stereocenters. The molecule has 1 aromatic heterocycles. The number of nitrogens with one attached hydrogen (secondary N) is 1. The Balaban J connectivity index is 1.65. The fourth-order valence-corrected chi connectivity index (χ4v) is 3.56. The van der Waals surface area contributed by atoms with Gasteiger partial charge in [0.05, 0.1) is 16.5 Å². The van der Waals surface area contributed by atoms with E-state index in [-0.39, 0.29) is 11.7 Å². The van der Waals surface area contributed by atoms with Crippen LogP contribution in [0.15, 0.2) is 47.6 Å². The van der Waals surface area contributed by atoms with Crippen molar-refractivity contribution in [3.8, 4) is 11.4 Å². The molecule has 0 saturated carbocycles. The van der Waals surface area contributed by atoms with E-state index >= 15 is 0 Å². The average Bonchev–Trinajstić information content (AvgIpc) is 3.03. The monoisotopic (exact) mass is 435 g/mol. The second kappa shape index (κ2) is 8.86. The van der Waals surface area contributed by atoms with Crippen LogP contribution in [0.25, 0.3) is 11.4 Å². The molecule has 146 valence electrons. The molecular weight excluding hydrogens is 417 g/mol. The van der Waals surface area contributed by atoms with Gasteiger partial charge in [0, 0.05) is 37.4 Å². The zero-order chi connectivity index (χ0) is 20.3. The fourth-order valence-electron chi connectivity index (χ4n) is 2.51. The normalized spacial score (nSPS) is 10.8. The molecule has 0 bridgehead atoms. The topological polar surface area (TPSA) is 63.1 Å². The molecule has 0 aliphatic carbocycles. The van der Waals surface area contributed by atoms with Gasteiger partial charge in [0.15, 0.2) is 11.0 Å². The maximum absolute atomic E-state index is 12.2. The second-order valence-corrected chi connectivity index (χ2v) is 8.05. The molecule has 0 saturated heterocycles. The van der Waals surface area contributed by atoms with Gasteiger partial charge in [-0.2, -0.15) is 0 Å². The van der Waals surface area contributed by atoms with Crippen molar-refractivity contribution in [3.63, 3.8) is 0 Å². The molecule has 6 nitrogen and oxygen atoms in total.